The molecule has 1 aromatic carbocycles. The van der Waals surface area contributed by atoms with Crippen LogP contribution in [0.2, 0.25) is 0 Å². The van der Waals surface area contributed by atoms with Gasteiger partial charge in [0.25, 0.3) is 0 Å². The molecule has 0 aliphatic carbocycles. The van der Waals surface area contributed by atoms with Crippen LogP contribution >= 0.6 is 0 Å². The molecule has 0 bridgehead atoms. The van der Waals surface area contributed by atoms with Crippen molar-refractivity contribution in [3.63, 3.8) is 0 Å². The van der Waals surface area contributed by atoms with Crippen LogP contribution in [0.1, 0.15) is 18.4 Å². The van der Waals surface area contributed by atoms with Crippen molar-refractivity contribution in [1.82, 2.24) is 9.80 Å². The molecule has 3 aliphatic rings. The highest BCUT2D eigenvalue weighted by atomic mass is 19.1. The highest BCUT2D eigenvalue weighted by molar-refractivity contribution is 5.85. The quantitative estimate of drug-likeness (QED) is 0.818. The summed E-state index contributed by atoms with van der Waals surface area (Å²) in [5, 5.41) is 0. The number of ether oxygens (including phenoxy) is 1. The summed E-state index contributed by atoms with van der Waals surface area (Å²) >= 11 is 0. The maximum absolute atomic E-state index is 13.7. The number of carbonyl (C=O) groups is 2. The Hall–Kier alpha value is -2.02. The van der Waals surface area contributed by atoms with Gasteiger partial charge in [-0.15, -0.1) is 0 Å². The summed E-state index contributed by atoms with van der Waals surface area (Å²) in [4.78, 5) is 28.0. The Morgan fingerprint density at radius 3 is 3.00 bits per heavy atom. The van der Waals surface area contributed by atoms with Crippen molar-refractivity contribution in [3.8, 4) is 0 Å². The van der Waals surface area contributed by atoms with Crippen molar-refractivity contribution in [1.29, 1.82) is 0 Å². The lowest BCUT2D eigenvalue weighted by atomic mass is 10.1. The van der Waals surface area contributed by atoms with E-state index in [1.165, 1.54) is 0 Å². The molecule has 4 rings (SSSR count). The number of benzene rings is 1. The zero-order chi connectivity index (χ0) is 16.2. The Morgan fingerprint density at radius 2 is 2.17 bits per heavy atom. The summed E-state index contributed by atoms with van der Waals surface area (Å²) in [7, 11) is 0. The Morgan fingerprint density at radius 1 is 1.35 bits per heavy atom. The van der Waals surface area contributed by atoms with E-state index in [2.05, 4.69) is 0 Å². The minimum Gasteiger partial charge on any atom is -0.351 e. The van der Waals surface area contributed by atoms with Crippen LogP contribution in [-0.2, 0) is 20.7 Å². The Kier molecular flexibility index (Phi) is 3.16. The second kappa shape index (κ2) is 4.99. The molecule has 1 aromatic rings. The molecule has 23 heavy (non-hydrogen) atoms. The predicted molar refractivity (Wildman–Crippen MR) is 75.2 cm³/mol. The van der Waals surface area contributed by atoms with Gasteiger partial charge in [0.2, 0.25) is 11.8 Å². The zero-order valence-electron chi connectivity index (χ0n) is 12.4. The van der Waals surface area contributed by atoms with Gasteiger partial charge in [-0.2, -0.15) is 0 Å². The minimum absolute atomic E-state index is 0.0121. The number of nitrogens with zero attached hydrogens (tertiary/aromatic N) is 2. The molecule has 3 fully saturated rings. The summed E-state index contributed by atoms with van der Waals surface area (Å²) < 4.78 is 32.8. The fourth-order valence-electron chi connectivity index (χ4n) is 4.03. The van der Waals surface area contributed by atoms with E-state index in [0.29, 0.717) is 26.1 Å². The van der Waals surface area contributed by atoms with E-state index in [0.717, 1.165) is 18.2 Å². The topological polar surface area (TPSA) is 49.9 Å². The molecule has 7 heteroatoms. The molecule has 2 amide bonds. The monoisotopic (exact) mass is 322 g/mol. The lowest BCUT2D eigenvalue weighted by Crippen LogP contribution is -2.49. The molecular weight excluding hydrogens is 306 g/mol. The molecular formula is C16H16F2N2O3. The van der Waals surface area contributed by atoms with E-state index >= 15 is 0 Å². The molecule has 0 N–H and O–H groups in total. The number of likely N-dealkylation sites (tertiary alicyclic amines) is 1. The van der Waals surface area contributed by atoms with Gasteiger partial charge in [-0.1, -0.05) is 0 Å². The molecule has 5 nitrogen and oxygen atoms in total. The molecule has 3 aliphatic heterocycles. The van der Waals surface area contributed by atoms with Crippen LogP contribution in [0, 0.1) is 11.6 Å². The first-order valence-electron chi connectivity index (χ1n) is 7.69. The molecule has 0 saturated carbocycles. The van der Waals surface area contributed by atoms with Gasteiger partial charge in [-0.05, 0) is 18.2 Å². The van der Waals surface area contributed by atoms with Crippen LogP contribution in [0.5, 0.6) is 0 Å². The summed E-state index contributed by atoms with van der Waals surface area (Å²) in [5.41, 5.74) is -0.669. The lowest BCUT2D eigenvalue weighted by molar-refractivity contribution is -0.139. The molecule has 0 unspecified atom stereocenters. The van der Waals surface area contributed by atoms with Gasteiger partial charge >= 0.3 is 0 Å². The number of amides is 2. The van der Waals surface area contributed by atoms with Crippen molar-refractivity contribution < 1.29 is 23.1 Å². The number of hydrogen-bond acceptors (Lipinski definition) is 3. The van der Waals surface area contributed by atoms with Crippen molar-refractivity contribution in [2.45, 2.75) is 31.0 Å². The molecule has 3 saturated heterocycles. The van der Waals surface area contributed by atoms with Gasteiger partial charge in [0.15, 0.2) is 5.72 Å². The van der Waals surface area contributed by atoms with Crippen LogP contribution in [0.15, 0.2) is 18.2 Å². The Balaban J connectivity index is 1.56. The third-order valence-corrected chi connectivity index (χ3v) is 5.07. The van der Waals surface area contributed by atoms with Crippen molar-refractivity contribution >= 4 is 11.8 Å². The minimum atomic E-state index is -0.701. The van der Waals surface area contributed by atoms with E-state index in [1.54, 1.807) is 9.80 Å². The van der Waals surface area contributed by atoms with Gasteiger partial charge < -0.3 is 14.5 Å². The highest BCUT2D eigenvalue weighted by Gasteiger charge is 2.62. The van der Waals surface area contributed by atoms with Crippen molar-refractivity contribution in [2.75, 3.05) is 19.7 Å². The molecule has 122 valence electrons. The van der Waals surface area contributed by atoms with Gasteiger partial charge in [0.05, 0.1) is 25.5 Å². The molecule has 0 radical (unpaired) electrons. The van der Waals surface area contributed by atoms with E-state index < -0.39 is 17.4 Å². The van der Waals surface area contributed by atoms with Crippen LogP contribution in [0.4, 0.5) is 8.78 Å². The van der Waals surface area contributed by atoms with Gasteiger partial charge in [-0.3, -0.25) is 9.59 Å². The number of halogens is 2. The van der Waals surface area contributed by atoms with E-state index in [-0.39, 0.29) is 36.3 Å². The van der Waals surface area contributed by atoms with Crippen LogP contribution in [0.25, 0.3) is 0 Å². The fourth-order valence-corrected chi connectivity index (χ4v) is 4.03. The summed E-state index contributed by atoms with van der Waals surface area (Å²) in [5.74, 6) is -1.49. The SMILES string of the molecule is O=C(Cc1cc(F)ccc1F)N1CC[C@@]23OCCN2C(=O)C[C@@H]13. The van der Waals surface area contributed by atoms with Crippen molar-refractivity contribution in [3.05, 3.63) is 35.4 Å². The molecule has 2 atom stereocenters. The van der Waals surface area contributed by atoms with Gasteiger partial charge in [0.1, 0.15) is 11.6 Å². The molecule has 1 spiro atoms. The largest absolute Gasteiger partial charge is 0.351 e. The maximum atomic E-state index is 13.7. The summed E-state index contributed by atoms with van der Waals surface area (Å²) in [6, 6.07) is 2.75. The first-order valence-corrected chi connectivity index (χ1v) is 7.69. The fraction of sp³-hybridized carbons (Fsp3) is 0.500. The highest BCUT2D eigenvalue weighted by Crippen LogP contribution is 2.45. The van der Waals surface area contributed by atoms with Crippen LogP contribution in [-0.4, -0.2) is 53.1 Å². The second-order valence-electron chi connectivity index (χ2n) is 6.21. The Bertz CT molecular complexity index is 696. The average molecular weight is 322 g/mol. The number of carbonyl (C=O) groups excluding carboxylic acids is 2. The van der Waals surface area contributed by atoms with E-state index in [9.17, 15) is 18.4 Å². The zero-order valence-corrected chi connectivity index (χ0v) is 12.4. The first kappa shape index (κ1) is 14.6. The van der Waals surface area contributed by atoms with Crippen LogP contribution < -0.4 is 0 Å². The van der Waals surface area contributed by atoms with E-state index in [4.69, 9.17) is 4.74 Å². The van der Waals surface area contributed by atoms with Crippen molar-refractivity contribution in [2.24, 2.45) is 0 Å². The standard InChI is InChI=1S/C16H16F2N2O3/c17-11-1-2-12(18)10(7-11)8-14(21)19-4-3-16-13(19)9-15(22)20(16)5-6-23-16/h1-2,7,13H,3-6,8-9H2/t13-,16+/m1/s1. The summed E-state index contributed by atoms with van der Waals surface area (Å²) in [6.45, 7) is 1.49. The smallest absolute Gasteiger partial charge is 0.227 e. The average Bonchev–Trinajstić information content (AvgIpc) is 3.14. The van der Waals surface area contributed by atoms with Gasteiger partial charge in [0, 0.05) is 25.1 Å². The molecule has 3 heterocycles. The summed E-state index contributed by atoms with van der Waals surface area (Å²) in [6.07, 6.45) is 0.586. The predicted octanol–water partition coefficient (Wildman–Crippen LogP) is 1.07. The third-order valence-electron chi connectivity index (χ3n) is 5.07. The van der Waals surface area contributed by atoms with Crippen LogP contribution in [0.3, 0.4) is 0 Å². The second-order valence-corrected chi connectivity index (χ2v) is 6.21. The Labute approximate surface area is 131 Å². The number of rotatable bonds is 2. The third kappa shape index (κ3) is 2.06. The normalized spacial score (nSPS) is 29.1. The molecule has 0 aromatic heterocycles. The first-order chi connectivity index (χ1) is 11.0. The lowest BCUT2D eigenvalue weighted by Gasteiger charge is -2.31. The number of hydrogen-bond donors (Lipinski definition) is 0. The van der Waals surface area contributed by atoms with Gasteiger partial charge in [-0.25, -0.2) is 8.78 Å². The van der Waals surface area contributed by atoms with E-state index in [1.807, 2.05) is 0 Å². The maximum Gasteiger partial charge on any atom is 0.227 e.